The predicted molar refractivity (Wildman–Crippen MR) is 109 cm³/mol. The lowest BCUT2D eigenvalue weighted by Gasteiger charge is -2.03. The second kappa shape index (κ2) is 8.92. The first-order chi connectivity index (χ1) is 13.0. The molecule has 0 aliphatic rings. The molecule has 0 atom stereocenters. The van der Waals surface area contributed by atoms with Crippen LogP contribution in [0.3, 0.4) is 0 Å². The molecule has 9 heteroatoms. The number of carbonyl (C=O) groups is 2. The van der Waals surface area contributed by atoms with Crippen LogP contribution in [0.4, 0.5) is 10.9 Å². The fraction of sp³-hybridized carbons (Fsp3) is 0.278. The number of aromatic nitrogens is 3. The summed E-state index contributed by atoms with van der Waals surface area (Å²) in [5, 5.41) is 14.8. The van der Waals surface area contributed by atoms with Crippen LogP contribution in [0.2, 0.25) is 0 Å². The highest BCUT2D eigenvalue weighted by Gasteiger charge is 2.08. The summed E-state index contributed by atoms with van der Waals surface area (Å²) in [4.78, 5) is 27.5. The molecule has 0 saturated carbocycles. The fourth-order valence-electron chi connectivity index (χ4n) is 2.32. The highest BCUT2D eigenvalue weighted by atomic mass is 32.2. The molecule has 0 fully saturated rings. The van der Waals surface area contributed by atoms with Crippen molar-refractivity contribution in [3.63, 3.8) is 0 Å². The number of fused-ring (bicyclic) bond motifs is 1. The molecule has 2 N–H and O–H groups in total. The van der Waals surface area contributed by atoms with Crippen molar-refractivity contribution in [3.8, 4) is 0 Å². The van der Waals surface area contributed by atoms with Gasteiger partial charge in [0.05, 0.1) is 10.2 Å². The molecule has 0 radical (unpaired) electrons. The third-order valence-electron chi connectivity index (χ3n) is 3.53. The third-order valence-corrected chi connectivity index (χ3v) is 5.47. The molecule has 3 aromatic rings. The number of anilines is 2. The number of thioether (sulfide) groups is 1. The number of nitrogens with zero attached hydrogens (tertiary/aromatic N) is 3. The number of aryl methyl sites for hydroxylation is 1. The van der Waals surface area contributed by atoms with Crippen molar-refractivity contribution >= 4 is 56.1 Å². The van der Waals surface area contributed by atoms with Crippen LogP contribution in [0.15, 0.2) is 35.4 Å². The van der Waals surface area contributed by atoms with Crippen LogP contribution >= 0.6 is 23.1 Å². The minimum Gasteiger partial charge on any atom is -0.309 e. The Morgan fingerprint density at radius 3 is 2.74 bits per heavy atom. The molecule has 2 amide bonds. The molecule has 0 unspecified atom stereocenters. The van der Waals surface area contributed by atoms with Gasteiger partial charge in [0.15, 0.2) is 10.9 Å². The van der Waals surface area contributed by atoms with E-state index in [0.717, 1.165) is 27.4 Å². The molecule has 2 aromatic heterocycles. The maximum absolute atomic E-state index is 12.1. The van der Waals surface area contributed by atoms with Crippen molar-refractivity contribution in [2.45, 2.75) is 31.7 Å². The number of carbonyl (C=O) groups excluding carboxylic acids is 2. The molecule has 3 rings (SSSR count). The first kappa shape index (κ1) is 19.2. The SMILES string of the molecule is CC(=O)Nc1ccc(SCCCC(=O)Nc2nc3ccc(C)cc3s2)nn1. The smallest absolute Gasteiger partial charge is 0.226 e. The Morgan fingerprint density at radius 2 is 2.00 bits per heavy atom. The van der Waals surface area contributed by atoms with Crippen molar-refractivity contribution in [2.24, 2.45) is 0 Å². The quantitative estimate of drug-likeness (QED) is 0.461. The third kappa shape index (κ3) is 5.73. The molecule has 0 spiro atoms. The minimum absolute atomic E-state index is 0.0431. The lowest BCUT2D eigenvalue weighted by molar-refractivity contribution is -0.116. The summed E-state index contributed by atoms with van der Waals surface area (Å²) >= 11 is 3.01. The van der Waals surface area contributed by atoms with Crippen molar-refractivity contribution in [1.29, 1.82) is 0 Å². The maximum atomic E-state index is 12.1. The van der Waals surface area contributed by atoms with Gasteiger partial charge >= 0.3 is 0 Å². The maximum Gasteiger partial charge on any atom is 0.226 e. The highest BCUT2D eigenvalue weighted by Crippen LogP contribution is 2.27. The van der Waals surface area contributed by atoms with E-state index in [-0.39, 0.29) is 11.8 Å². The number of nitrogens with one attached hydrogen (secondary N) is 2. The van der Waals surface area contributed by atoms with Gasteiger partial charge in [-0.25, -0.2) is 4.98 Å². The van der Waals surface area contributed by atoms with E-state index in [1.54, 1.807) is 12.1 Å². The lowest BCUT2D eigenvalue weighted by Crippen LogP contribution is -2.11. The van der Waals surface area contributed by atoms with E-state index < -0.39 is 0 Å². The van der Waals surface area contributed by atoms with Gasteiger partial charge in [-0.2, -0.15) is 0 Å². The van der Waals surface area contributed by atoms with Crippen molar-refractivity contribution in [1.82, 2.24) is 15.2 Å². The first-order valence-corrected chi connectivity index (χ1v) is 10.2. The zero-order chi connectivity index (χ0) is 19.2. The standard InChI is InChI=1S/C18H19N5O2S2/c1-11-5-6-13-14(10-11)27-18(20-13)21-16(25)4-3-9-26-17-8-7-15(22-23-17)19-12(2)24/h5-8,10H,3-4,9H2,1-2H3,(H,19,22,24)(H,20,21,25). The van der Waals surface area contributed by atoms with E-state index in [1.165, 1.54) is 35.6 Å². The highest BCUT2D eigenvalue weighted by molar-refractivity contribution is 7.99. The average Bonchev–Trinajstić information content (AvgIpc) is 3.00. The molecule has 0 saturated heterocycles. The predicted octanol–water partition coefficient (Wildman–Crippen LogP) is 3.86. The molecule has 0 aliphatic heterocycles. The van der Waals surface area contributed by atoms with Crippen LogP contribution in [-0.4, -0.2) is 32.7 Å². The number of benzene rings is 1. The molecule has 140 valence electrons. The van der Waals surface area contributed by atoms with Crippen LogP contribution in [0.5, 0.6) is 0 Å². The Labute approximate surface area is 165 Å². The monoisotopic (exact) mass is 401 g/mol. The summed E-state index contributed by atoms with van der Waals surface area (Å²) in [5.74, 6) is 0.954. The Kier molecular flexibility index (Phi) is 6.36. The van der Waals surface area contributed by atoms with Gasteiger partial charge in [-0.1, -0.05) is 17.4 Å². The summed E-state index contributed by atoms with van der Waals surface area (Å²) in [6.07, 6.45) is 1.13. The van der Waals surface area contributed by atoms with Crippen LogP contribution in [0, 0.1) is 6.92 Å². The normalized spacial score (nSPS) is 10.7. The van der Waals surface area contributed by atoms with Crippen molar-refractivity contribution in [3.05, 3.63) is 35.9 Å². The van der Waals surface area contributed by atoms with Crippen LogP contribution in [0.1, 0.15) is 25.3 Å². The summed E-state index contributed by atoms with van der Waals surface area (Å²) in [7, 11) is 0. The van der Waals surface area contributed by atoms with Crippen molar-refractivity contribution in [2.75, 3.05) is 16.4 Å². The average molecular weight is 402 g/mol. The topological polar surface area (TPSA) is 96.9 Å². The molecule has 7 nitrogen and oxygen atoms in total. The number of amides is 2. The van der Waals surface area contributed by atoms with Gasteiger partial charge in [-0.3, -0.25) is 9.59 Å². The molecule has 1 aromatic carbocycles. The summed E-state index contributed by atoms with van der Waals surface area (Å²) in [6, 6.07) is 9.55. The molecule has 0 bridgehead atoms. The number of hydrogen-bond donors (Lipinski definition) is 2. The van der Waals surface area contributed by atoms with E-state index in [0.29, 0.717) is 17.4 Å². The van der Waals surface area contributed by atoms with Crippen LogP contribution in [0.25, 0.3) is 10.2 Å². The van der Waals surface area contributed by atoms with Gasteiger partial charge in [0.1, 0.15) is 5.03 Å². The first-order valence-electron chi connectivity index (χ1n) is 8.41. The molecular weight excluding hydrogens is 382 g/mol. The van der Waals surface area contributed by atoms with Gasteiger partial charge in [0, 0.05) is 19.1 Å². The lowest BCUT2D eigenvalue weighted by atomic mass is 10.2. The van der Waals surface area contributed by atoms with Gasteiger partial charge in [-0.15, -0.1) is 22.0 Å². The van der Waals surface area contributed by atoms with E-state index >= 15 is 0 Å². The van der Waals surface area contributed by atoms with Gasteiger partial charge in [0.2, 0.25) is 11.8 Å². The Morgan fingerprint density at radius 1 is 1.15 bits per heavy atom. The van der Waals surface area contributed by atoms with E-state index in [4.69, 9.17) is 0 Å². The molecule has 0 aliphatic carbocycles. The minimum atomic E-state index is -0.182. The molecule has 27 heavy (non-hydrogen) atoms. The fourth-order valence-corrected chi connectivity index (χ4v) is 4.06. The summed E-state index contributed by atoms with van der Waals surface area (Å²) in [5.41, 5.74) is 2.08. The van der Waals surface area contributed by atoms with E-state index in [1.807, 2.05) is 19.1 Å². The molecule has 2 heterocycles. The van der Waals surface area contributed by atoms with Gasteiger partial charge in [-0.05, 0) is 43.2 Å². The molecular formula is C18H19N5O2S2. The Bertz CT molecular complexity index is 956. The van der Waals surface area contributed by atoms with Crippen molar-refractivity contribution < 1.29 is 9.59 Å². The second-order valence-electron chi connectivity index (χ2n) is 5.93. The zero-order valence-electron chi connectivity index (χ0n) is 15.0. The summed E-state index contributed by atoms with van der Waals surface area (Å²) in [6.45, 7) is 3.46. The van der Waals surface area contributed by atoms with Gasteiger partial charge in [0.25, 0.3) is 0 Å². The number of rotatable bonds is 7. The van der Waals surface area contributed by atoms with E-state index in [2.05, 4.69) is 31.9 Å². The number of thiazole rings is 1. The Balaban J connectivity index is 1.42. The van der Waals surface area contributed by atoms with Crippen LogP contribution in [-0.2, 0) is 9.59 Å². The second-order valence-corrected chi connectivity index (χ2v) is 8.07. The Hall–Kier alpha value is -2.52. The zero-order valence-corrected chi connectivity index (χ0v) is 16.6. The number of hydrogen-bond acceptors (Lipinski definition) is 7. The van der Waals surface area contributed by atoms with Gasteiger partial charge < -0.3 is 10.6 Å². The van der Waals surface area contributed by atoms with Crippen LogP contribution < -0.4 is 10.6 Å². The summed E-state index contributed by atoms with van der Waals surface area (Å²) < 4.78 is 1.07. The largest absolute Gasteiger partial charge is 0.309 e. The van der Waals surface area contributed by atoms with E-state index in [9.17, 15) is 9.59 Å².